The molecule has 222 valence electrons. The largest absolute Gasteiger partial charge is 0.359 e. The molecule has 41 heavy (non-hydrogen) atoms. The van der Waals surface area contributed by atoms with Crippen LogP contribution in [0.25, 0.3) is 0 Å². The summed E-state index contributed by atoms with van der Waals surface area (Å²) in [4.78, 5) is 46.0. The van der Waals surface area contributed by atoms with E-state index in [2.05, 4.69) is 22.5 Å². The SMILES string of the molecule is C[C@@H]1CCCN(CCCN2C(=O)[C@@H]3[C@@H](C(=O)Nc4cc(Cl)cc(Cl)c4)[C@@H]4C=C[C@@]3(O4)[C@@H]2C(=O)NC2CCCCC2)C1. The standard InChI is InChI=1S/C31H40Cl2N4O4/c1-19-7-5-12-36(18-19)13-6-14-37-27(29(39)34-22-8-3-2-4-9-22)31-11-10-24(41-31)25(26(31)30(37)40)28(38)35-23-16-20(32)15-21(33)17-23/h10-11,15-17,19,22,24-27H,2-9,12-14,18H2,1H3,(H,34,39)(H,35,38)/t19-,24+,25+,26+,27+,31+/m1/s1. The van der Waals surface area contributed by atoms with E-state index in [1.54, 1.807) is 23.1 Å². The van der Waals surface area contributed by atoms with Gasteiger partial charge in [-0.25, -0.2) is 0 Å². The van der Waals surface area contributed by atoms with Gasteiger partial charge in [0, 0.05) is 34.9 Å². The molecule has 0 aromatic heterocycles. The Bertz CT molecular complexity index is 1200. The van der Waals surface area contributed by atoms with Crippen LogP contribution < -0.4 is 10.6 Å². The number of nitrogens with one attached hydrogen (secondary N) is 2. The average Bonchev–Trinajstić information content (AvgIpc) is 3.56. The number of rotatable bonds is 8. The fraction of sp³-hybridized carbons (Fsp3) is 0.645. The van der Waals surface area contributed by atoms with Crippen molar-refractivity contribution in [3.63, 3.8) is 0 Å². The number of fused-ring (bicyclic) bond motifs is 1. The lowest BCUT2D eigenvalue weighted by atomic mass is 9.74. The minimum absolute atomic E-state index is 0.104. The van der Waals surface area contributed by atoms with Gasteiger partial charge in [-0.15, -0.1) is 0 Å². The third kappa shape index (κ3) is 5.65. The summed E-state index contributed by atoms with van der Waals surface area (Å²) in [6, 6.07) is 4.13. The van der Waals surface area contributed by atoms with Crippen molar-refractivity contribution >= 4 is 46.6 Å². The number of benzene rings is 1. The summed E-state index contributed by atoms with van der Waals surface area (Å²) < 4.78 is 6.48. The van der Waals surface area contributed by atoms with Crippen molar-refractivity contribution in [1.29, 1.82) is 0 Å². The van der Waals surface area contributed by atoms with E-state index in [9.17, 15) is 14.4 Å². The van der Waals surface area contributed by atoms with Crippen LogP contribution in [0, 0.1) is 17.8 Å². The maximum Gasteiger partial charge on any atom is 0.246 e. The number of halogens is 2. The van der Waals surface area contributed by atoms with Crippen LogP contribution in [-0.2, 0) is 19.1 Å². The summed E-state index contributed by atoms with van der Waals surface area (Å²) in [5.41, 5.74) is -0.702. The quantitative estimate of drug-likeness (QED) is 0.423. The lowest BCUT2D eigenvalue weighted by molar-refractivity contribution is -0.141. The maximum absolute atomic E-state index is 14.2. The van der Waals surface area contributed by atoms with Gasteiger partial charge in [-0.1, -0.05) is 61.5 Å². The first-order chi connectivity index (χ1) is 19.7. The lowest BCUT2D eigenvalue weighted by Crippen LogP contribution is -2.56. The second-order valence-electron chi connectivity index (χ2n) is 12.6. The van der Waals surface area contributed by atoms with Crippen molar-refractivity contribution in [2.45, 2.75) is 82.1 Å². The van der Waals surface area contributed by atoms with Crippen LogP contribution >= 0.6 is 23.2 Å². The van der Waals surface area contributed by atoms with Crippen molar-refractivity contribution in [2.24, 2.45) is 17.8 Å². The molecule has 0 unspecified atom stereocenters. The highest BCUT2D eigenvalue weighted by atomic mass is 35.5. The summed E-state index contributed by atoms with van der Waals surface area (Å²) >= 11 is 12.3. The van der Waals surface area contributed by atoms with E-state index in [1.165, 1.54) is 19.3 Å². The predicted molar refractivity (Wildman–Crippen MR) is 159 cm³/mol. The Morgan fingerprint density at radius 1 is 1.02 bits per heavy atom. The molecule has 1 saturated carbocycles. The van der Waals surface area contributed by atoms with Crippen molar-refractivity contribution < 1.29 is 19.1 Å². The van der Waals surface area contributed by atoms with Gasteiger partial charge >= 0.3 is 0 Å². The topological polar surface area (TPSA) is 91.0 Å². The van der Waals surface area contributed by atoms with Gasteiger partial charge < -0.3 is 25.2 Å². The molecule has 8 nitrogen and oxygen atoms in total. The first kappa shape index (κ1) is 29.0. The van der Waals surface area contributed by atoms with Gasteiger partial charge in [0.2, 0.25) is 17.7 Å². The van der Waals surface area contributed by atoms with Gasteiger partial charge in [-0.05, 0) is 69.3 Å². The summed E-state index contributed by atoms with van der Waals surface area (Å²) in [5.74, 6) is -1.56. The van der Waals surface area contributed by atoms with E-state index in [4.69, 9.17) is 27.9 Å². The van der Waals surface area contributed by atoms with Gasteiger partial charge in [0.25, 0.3) is 0 Å². The highest BCUT2D eigenvalue weighted by molar-refractivity contribution is 6.35. The fourth-order valence-electron chi connectivity index (χ4n) is 7.84. The first-order valence-electron chi connectivity index (χ1n) is 15.2. The number of nitrogens with zero attached hydrogens (tertiary/aromatic N) is 2. The normalized spacial score (nSPS) is 33.3. The Balaban J connectivity index is 1.24. The van der Waals surface area contributed by atoms with Crippen LogP contribution in [-0.4, -0.2) is 77.5 Å². The predicted octanol–water partition coefficient (Wildman–Crippen LogP) is 4.65. The minimum Gasteiger partial charge on any atom is -0.359 e. The van der Waals surface area contributed by atoms with Crippen molar-refractivity contribution in [3.8, 4) is 0 Å². The Labute approximate surface area is 252 Å². The zero-order valence-corrected chi connectivity index (χ0v) is 25.1. The summed E-state index contributed by atoms with van der Waals surface area (Å²) in [6.07, 6.45) is 11.6. The molecule has 4 heterocycles. The number of carbonyl (C=O) groups excluding carboxylic acids is 3. The number of carbonyl (C=O) groups is 3. The fourth-order valence-corrected chi connectivity index (χ4v) is 8.37. The zero-order valence-electron chi connectivity index (χ0n) is 23.6. The minimum atomic E-state index is -1.16. The van der Waals surface area contributed by atoms with Crippen molar-refractivity contribution in [1.82, 2.24) is 15.1 Å². The number of anilines is 1. The Hall–Kier alpha value is -2.13. The molecule has 4 aliphatic heterocycles. The summed E-state index contributed by atoms with van der Waals surface area (Å²) in [7, 11) is 0. The van der Waals surface area contributed by atoms with Gasteiger partial charge in [-0.2, -0.15) is 0 Å². The van der Waals surface area contributed by atoms with Crippen LogP contribution in [0.15, 0.2) is 30.4 Å². The third-order valence-corrected chi connectivity index (χ3v) is 10.1. The van der Waals surface area contributed by atoms with E-state index < -0.39 is 29.6 Å². The Morgan fingerprint density at radius 3 is 2.51 bits per heavy atom. The molecule has 1 spiro atoms. The molecule has 2 bridgehead atoms. The number of hydrogen-bond donors (Lipinski definition) is 2. The molecule has 1 aromatic carbocycles. The summed E-state index contributed by atoms with van der Waals surface area (Å²) in [5, 5.41) is 6.96. The molecule has 10 heteroatoms. The van der Waals surface area contributed by atoms with E-state index in [0.717, 1.165) is 51.7 Å². The second-order valence-corrected chi connectivity index (χ2v) is 13.5. The number of likely N-dealkylation sites (tertiary alicyclic amines) is 2. The highest BCUT2D eigenvalue weighted by Crippen LogP contribution is 2.55. The van der Waals surface area contributed by atoms with E-state index >= 15 is 0 Å². The molecule has 5 aliphatic rings. The number of amides is 3. The second kappa shape index (κ2) is 11.9. The lowest BCUT2D eigenvalue weighted by Gasteiger charge is -2.35. The van der Waals surface area contributed by atoms with Crippen LogP contribution in [0.3, 0.4) is 0 Å². The molecule has 4 fully saturated rings. The van der Waals surface area contributed by atoms with Crippen LogP contribution in [0.1, 0.15) is 58.3 Å². The molecule has 1 aromatic rings. The zero-order chi connectivity index (χ0) is 28.7. The van der Waals surface area contributed by atoms with Gasteiger partial charge in [-0.3, -0.25) is 14.4 Å². The van der Waals surface area contributed by atoms with Gasteiger partial charge in [0.05, 0.1) is 17.9 Å². The number of piperidine rings is 1. The Kier molecular flexibility index (Phi) is 8.38. The molecule has 0 radical (unpaired) electrons. The molecule has 6 atom stereocenters. The van der Waals surface area contributed by atoms with Crippen LogP contribution in [0.4, 0.5) is 5.69 Å². The average molecular weight is 604 g/mol. The van der Waals surface area contributed by atoms with Crippen LogP contribution in [0.5, 0.6) is 0 Å². The van der Waals surface area contributed by atoms with Gasteiger partial charge in [0.15, 0.2) is 0 Å². The number of ether oxygens (including phenoxy) is 1. The van der Waals surface area contributed by atoms with E-state index in [0.29, 0.717) is 28.2 Å². The maximum atomic E-state index is 14.2. The highest BCUT2D eigenvalue weighted by Gasteiger charge is 2.72. The van der Waals surface area contributed by atoms with E-state index in [1.807, 2.05) is 12.2 Å². The molecule has 2 N–H and O–H groups in total. The molecule has 1 aliphatic carbocycles. The molecule has 3 saturated heterocycles. The van der Waals surface area contributed by atoms with E-state index in [-0.39, 0.29) is 23.8 Å². The molecular weight excluding hydrogens is 563 g/mol. The molecular formula is C31H40Cl2N4O4. The smallest absolute Gasteiger partial charge is 0.246 e. The third-order valence-electron chi connectivity index (χ3n) is 9.62. The Morgan fingerprint density at radius 2 is 1.78 bits per heavy atom. The first-order valence-corrected chi connectivity index (χ1v) is 16.0. The van der Waals surface area contributed by atoms with Crippen molar-refractivity contribution in [3.05, 3.63) is 40.4 Å². The number of hydrogen-bond acceptors (Lipinski definition) is 5. The van der Waals surface area contributed by atoms with Crippen LogP contribution in [0.2, 0.25) is 10.0 Å². The summed E-state index contributed by atoms with van der Waals surface area (Å²) in [6.45, 7) is 5.74. The molecule has 3 amide bonds. The van der Waals surface area contributed by atoms with Gasteiger partial charge in [0.1, 0.15) is 11.6 Å². The monoisotopic (exact) mass is 602 g/mol. The van der Waals surface area contributed by atoms with Crippen molar-refractivity contribution in [2.75, 3.05) is 31.5 Å². The molecule has 6 rings (SSSR count).